The molecule has 0 aliphatic carbocycles. The Hall–Kier alpha value is -0.800. The summed E-state index contributed by atoms with van der Waals surface area (Å²) in [4.78, 5) is 2.52. The third kappa shape index (κ3) is 2.10. The third-order valence-corrected chi connectivity index (χ3v) is 4.81. The fraction of sp³-hybridized carbons (Fsp3) is 0.733. The van der Waals surface area contributed by atoms with Crippen LogP contribution in [0, 0.1) is 5.92 Å². The summed E-state index contributed by atoms with van der Waals surface area (Å²) >= 11 is 0. The normalized spacial score (nSPS) is 41.6. The van der Waals surface area contributed by atoms with Crippen molar-refractivity contribution < 1.29 is 9.52 Å². The van der Waals surface area contributed by atoms with Crippen LogP contribution in [0.3, 0.4) is 0 Å². The van der Waals surface area contributed by atoms with Crippen LogP contribution >= 0.6 is 0 Å². The molecule has 2 fully saturated rings. The largest absolute Gasteiger partial charge is 0.472 e. The van der Waals surface area contributed by atoms with E-state index < -0.39 is 5.60 Å². The molecule has 1 aromatic heterocycles. The summed E-state index contributed by atoms with van der Waals surface area (Å²) in [5.74, 6) is 0.740. The summed E-state index contributed by atoms with van der Waals surface area (Å²) in [6, 6.07) is 3.12. The molecule has 4 atom stereocenters. The summed E-state index contributed by atoms with van der Waals surface area (Å²) in [6.07, 6.45) is 8.11. The zero-order chi connectivity index (χ0) is 12.8. The molecule has 0 radical (unpaired) electrons. The van der Waals surface area contributed by atoms with E-state index in [1.807, 2.05) is 13.2 Å². The molecule has 100 valence electrons. The van der Waals surface area contributed by atoms with Gasteiger partial charge in [-0.1, -0.05) is 6.92 Å². The number of fused-ring (bicyclic) bond motifs is 1. The average molecular weight is 249 g/mol. The van der Waals surface area contributed by atoms with Crippen LogP contribution in [-0.2, 0) is 0 Å². The molecule has 2 aliphatic heterocycles. The van der Waals surface area contributed by atoms with Crippen LogP contribution < -0.4 is 0 Å². The topological polar surface area (TPSA) is 36.6 Å². The lowest BCUT2D eigenvalue weighted by atomic mass is 9.77. The van der Waals surface area contributed by atoms with Crippen molar-refractivity contribution in [2.45, 2.75) is 57.2 Å². The van der Waals surface area contributed by atoms with Crippen molar-refractivity contribution in [3.63, 3.8) is 0 Å². The van der Waals surface area contributed by atoms with E-state index in [1.165, 1.54) is 18.4 Å². The maximum atomic E-state index is 10.3. The molecule has 0 bridgehead atoms. The zero-order valence-electron chi connectivity index (χ0n) is 11.3. The van der Waals surface area contributed by atoms with Crippen molar-refractivity contribution in [3.05, 3.63) is 24.2 Å². The molecular weight excluding hydrogens is 226 g/mol. The molecule has 0 saturated carbocycles. The second kappa shape index (κ2) is 4.39. The maximum Gasteiger partial charge on any atom is 0.0950 e. The van der Waals surface area contributed by atoms with E-state index in [0.29, 0.717) is 12.1 Å². The smallest absolute Gasteiger partial charge is 0.0950 e. The van der Waals surface area contributed by atoms with Crippen LogP contribution in [0.2, 0.25) is 0 Å². The number of furan rings is 1. The van der Waals surface area contributed by atoms with Gasteiger partial charge >= 0.3 is 0 Å². The fourth-order valence-corrected chi connectivity index (χ4v) is 3.77. The molecule has 3 rings (SSSR count). The van der Waals surface area contributed by atoms with Gasteiger partial charge < -0.3 is 9.52 Å². The van der Waals surface area contributed by atoms with E-state index in [1.54, 1.807) is 6.26 Å². The fourth-order valence-electron chi connectivity index (χ4n) is 3.77. The zero-order valence-corrected chi connectivity index (χ0v) is 11.3. The van der Waals surface area contributed by atoms with Gasteiger partial charge in [0.15, 0.2) is 0 Å². The lowest BCUT2D eigenvalue weighted by Crippen LogP contribution is -2.56. The van der Waals surface area contributed by atoms with Crippen LogP contribution in [0.1, 0.15) is 51.1 Å². The highest BCUT2D eigenvalue weighted by molar-refractivity contribution is 5.15. The predicted molar refractivity (Wildman–Crippen MR) is 70.2 cm³/mol. The van der Waals surface area contributed by atoms with Crippen molar-refractivity contribution in [2.75, 3.05) is 6.54 Å². The second-order valence-electron chi connectivity index (χ2n) is 6.40. The summed E-state index contributed by atoms with van der Waals surface area (Å²) in [6.45, 7) is 5.11. The van der Waals surface area contributed by atoms with Gasteiger partial charge in [0.05, 0.1) is 18.1 Å². The molecule has 0 amide bonds. The van der Waals surface area contributed by atoms with Gasteiger partial charge in [-0.2, -0.15) is 0 Å². The maximum absolute atomic E-state index is 10.3. The first-order valence-electron chi connectivity index (χ1n) is 7.07. The minimum Gasteiger partial charge on any atom is -0.472 e. The number of hydrogen-bond acceptors (Lipinski definition) is 3. The predicted octanol–water partition coefficient (Wildman–Crippen LogP) is 2.97. The van der Waals surface area contributed by atoms with Gasteiger partial charge in [-0.05, 0) is 44.6 Å². The SMILES string of the molecule is C[C@@H]1CCC(c2ccoc2)N2C[C@](C)(O)CCC12. The Morgan fingerprint density at radius 3 is 2.94 bits per heavy atom. The Morgan fingerprint density at radius 1 is 1.39 bits per heavy atom. The molecule has 0 aromatic carbocycles. The van der Waals surface area contributed by atoms with E-state index in [2.05, 4.69) is 17.9 Å². The molecule has 2 unspecified atom stereocenters. The number of nitrogens with zero attached hydrogens (tertiary/aromatic N) is 1. The minimum absolute atomic E-state index is 0.428. The molecule has 1 N–H and O–H groups in total. The van der Waals surface area contributed by atoms with Crippen molar-refractivity contribution in [1.82, 2.24) is 4.90 Å². The van der Waals surface area contributed by atoms with Crippen LogP contribution in [-0.4, -0.2) is 28.2 Å². The molecule has 1 aromatic rings. The van der Waals surface area contributed by atoms with E-state index in [0.717, 1.165) is 25.3 Å². The molecule has 18 heavy (non-hydrogen) atoms. The molecule has 3 nitrogen and oxygen atoms in total. The lowest BCUT2D eigenvalue weighted by Gasteiger charge is -2.51. The highest BCUT2D eigenvalue weighted by Crippen LogP contribution is 2.43. The first-order valence-corrected chi connectivity index (χ1v) is 7.07. The average Bonchev–Trinajstić information content (AvgIpc) is 2.81. The van der Waals surface area contributed by atoms with Crippen LogP contribution in [0.25, 0.3) is 0 Å². The molecular formula is C15H23NO2. The number of aliphatic hydroxyl groups is 1. The van der Waals surface area contributed by atoms with E-state index in [9.17, 15) is 5.11 Å². The van der Waals surface area contributed by atoms with Crippen LogP contribution in [0.5, 0.6) is 0 Å². The van der Waals surface area contributed by atoms with Gasteiger partial charge in [0, 0.05) is 24.2 Å². The first-order chi connectivity index (χ1) is 8.57. The Bertz CT molecular complexity index is 399. The highest BCUT2D eigenvalue weighted by Gasteiger charge is 2.43. The number of rotatable bonds is 1. The van der Waals surface area contributed by atoms with Crippen LogP contribution in [0.15, 0.2) is 23.0 Å². The van der Waals surface area contributed by atoms with Crippen LogP contribution in [0.4, 0.5) is 0 Å². The molecule has 3 heterocycles. The van der Waals surface area contributed by atoms with Crippen molar-refractivity contribution in [3.8, 4) is 0 Å². The summed E-state index contributed by atoms with van der Waals surface area (Å²) in [7, 11) is 0. The van der Waals surface area contributed by atoms with E-state index in [4.69, 9.17) is 4.42 Å². The van der Waals surface area contributed by atoms with Gasteiger partial charge in [0.1, 0.15) is 0 Å². The van der Waals surface area contributed by atoms with E-state index in [-0.39, 0.29) is 0 Å². The Labute approximate surface area is 109 Å². The lowest BCUT2D eigenvalue weighted by molar-refractivity contribution is -0.0852. The summed E-state index contributed by atoms with van der Waals surface area (Å²) < 4.78 is 5.24. The van der Waals surface area contributed by atoms with E-state index >= 15 is 0 Å². The number of piperidine rings is 2. The quantitative estimate of drug-likeness (QED) is 0.831. The van der Waals surface area contributed by atoms with Crippen molar-refractivity contribution >= 4 is 0 Å². The summed E-state index contributed by atoms with van der Waals surface area (Å²) in [5, 5.41) is 10.3. The molecule has 2 aliphatic rings. The van der Waals surface area contributed by atoms with Gasteiger partial charge in [-0.15, -0.1) is 0 Å². The highest BCUT2D eigenvalue weighted by atomic mass is 16.3. The Kier molecular flexibility index (Phi) is 2.99. The Balaban J connectivity index is 1.87. The van der Waals surface area contributed by atoms with Gasteiger partial charge in [0.25, 0.3) is 0 Å². The monoisotopic (exact) mass is 249 g/mol. The van der Waals surface area contributed by atoms with Gasteiger partial charge in [-0.3, -0.25) is 4.90 Å². The molecule has 3 heteroatoms. The van der Waals surface area contributed by atoms with Gasteiger partial charge in [0.2, 0.25) is 0 Å². The Morgan fingerprint density at radius 2 is 2.22 bits per heavy atom. The molecule has 0 spiro atoms. The first kappa shape index (κ1) is 12.2. The second-order valence-corrected chi connectivity index (χ2v) is 6.40. The minimum atomic E-state index is -0.532. The molecule has 2 saturated heterocycles. The van der Waals surface area contributed by atoms with Crippen molar-refractivity contribution in [1.29, 1.82) is 0 Å². The number of hydrogen-bond donors (Lipinski definition) is 1. The van der Waals surface area contributed by atoms with Crippen molar-refractivity contribution in [2.24, 2.45) is 5.92 Å². The summed E-state index contributed by atoms with van der Waals surface area (Å²) in [5.41, 5.74) is 0.736. The standard InChI is InChI=1S/C15H23NO2/c1-11-3-4-14(12-6-8-18-9-12)16-10-15(2,17)7-5-13(11)16/h6,8-9,11,13-14,17H,3-5,7,10H2,1-2H3/t11-,13?,14?,15-/m1/s1. The van der Waals surface area contributed by atoms with Gasteiger partial charge in [-0.25, -0.2) is 0 Å². The third-order valence-electron chi connectivity index (χ3n) is 4.81.